The van der Waals surface area contributed by atoms with Crippen LogP contribution in [0.2, 0.25) is 0 Å². The van der Waals surface area contributed by atoms with Gasteiger partial charge in [-0.2, -0.15) is 11.3 Å². The summed E-state index contributed by atoms with van der Waals surface area (Å²) in [6.45, 7) is 1.87. The van der Waals surface area contributed by atoms with E-state index in [-0.39, 0.29) is 0 Å². The summed E-state index contributed by atoms with van der Waals surface area (Å²) in [7, 11) is 5.90. The van der Waals surface area contributed by atoms with Gasteiger partial charge in [-0.05, 0) is 54.2 Å². The lowest BCUT2D eigenvalue weighted by atomic mass is 10.1. The number of hydrogen-bond donors (Lipinski definition) is 1. The van der Waals surface area contributed by atoms with E-state index < -0.39 is 0 Å². The van der Waals surface area contributed by atoms with Crippen molar-refractivity contribution >= 4 is 11.3 Å². The zero-order valence-electron chi connectivity index (χ0n) is 12.3. The van der Waals surface area contributed by atoms with Gasteiger partial charge in [0.15, 0.2) is 0 Å². The normalized spacial score (nSPS) is 12.6. The molecule has 0 radical (unpaired) electrons. The molecule has 0 spiro atoms. The molecule has 4 heteroatoms. The molecule has 0 amide bonds. The molecule has 2 rings (SSSR count). The summed E-state index contributed by atoms with van der Waals surface area (Å²) < 4.78 is 5.22. The Labute approximate surface area is 125 Å². The van der Waals surface area contributed by atoms with Gasteiger partial charge in [-0.1, -0.05) is 12.1 Å². The van der Waals surface area contributed by atoms with Crippen molar-refractivity contribution in [2.24, 2.45) is 0 Å². The van der Waals surface area contributed by atoms with E-state index >= 15 is 0 Å². The number of likely N-dealkylation sites (N-methyl/N-ethyl adjacent to an activating group) is 1. The van der Waals surface area contributed by atoms with Gasteiger partial charge in [-0.3, -0.25) is 0 Å². The van der Waals surface area contributed by atoms with Crippen molar-refractivity contribution in [3.05, 3.63) is 52.2 Å². The Kier molecular flexibility index (Phi) is 5.59. The molecule has 0 fully saturated rings. The Bertz CT molecular complexity index is 494. The Morgan fingerprint density at radius 2 is 1.95 bits per heavy atom. The molecule has 0 saturated heterocycles. The second-order valence-electron chi connectivity index (χ2n) is 5.10. The summed E-state index contributed by atoms with van der Waals surface area (Å²) in [5.74, 6) is 0.898. The number of nitrogens with one attached hydrogen (secondary N) is 1. The van der Waals surface area contributed by atoms with Crippen molar-refractivity contribution in [2.45, 2.75) is 12.6 Å². The van der Waals surface area contributed by atoms with Crippen LogP contribution in [-0.2, 0) is 6.54 Å². The first-order valence-electron chi connectivity index (χ1n) is 6.72. The first-order valence-corrected chi connectivity index (χ1v) is 7.66. The van der Waals surface area contributed by atoms with E-state index in [4.69, 9.17) is 4.74 Å². The molecule has 0 aliphatic heterocycles. The van der Waals surface area contributed by atoms with Gasteiger partial charge in [0.2, 0.25) is 0 Å². The Morgan fingerprint density at radius 3 is 2.50 bits per heavy atom. The Balaban J connectivity index is 2.05. The maximum absolute atomic E-state index is 5.22. The molecule has 1 unspecified atom stereocenters. The minimum Gasteiger partial charge on any atom is -0.497 e. The van der Waals surface area contributed by atoms with Crippen LogP contribution in [0.5, 0.6) is 5.75 Å². The van der Waals surface area contributed by atoms with E-state index in [9.17, 15) is 0 Å². The summed E-state index contributed by atoms with van der Waals surface area (Å²) in [4.78, 5) is 2.20. The number of benzene rings is 1. The lowest BCUT2D eigenvalue weighted by Gasteiger charge is -2.23. The average molecular weight is 290 g/mol. The maximum atomic E-state index is 5.22. The highest BCUT2D eigenvalue weighted by molar-refractivity contribution is 7.07. The van der Waals surface area contributed by atoms with E-state index in [1.165, 1.54) is 11.1 Å². The second-order valence-corrected chi connectivity index (χ2v) is 5.88. The molecule has 1 aromatic heterocycles. The number of rotatable bonds is 7. The molecule has 2 aromatic rings. The van der Waals surface area contributed by atoms with E-state index in [0.717, 1.165) is 18.8 Å². The highest BCUT2D eigenvalue weighted by Crippen LogP contribution is 2.19. The molecule has 0 bridgehead atoms. The van der Waals surface area contributed by atoms with Crippen LogP contribution in [-0.4, -0.2) is 32.6 Å². The number of thiophene rings is 1. The number of nitrogens with zero attached hydrogens (tertiary/aromatic N) is 1. The van der Waals surface area contributed by atoms with Gasteiger partial charge in [-0.25, -0.2) is 0 Å². The highest BCUT2D eigenvalue weighted by Gasteiger charge is 2.12. The third-order valence-corrected chi connectivity index (χ3v) is 3.93. The fourth-order valence-electron chi connectivity index (χ4n) is 2.12. The monoisotopic (exact) mass is 290 g/mol. The third-order valence-electron chi connectivity index (χ3n) is 3.20. The molecule has 0 aliphatic rings. The van der Waals surface area contributed by atoms with Crippen LogP contribution >= 0.6 is 11.3 Å². The predicted octanol–water partition coefficient (Wildman–Crippen LogP) is 3.15. The average Bonchev–Trinajstić information content (AvgIpc) is 2.96. The fourth-order valence-corrected chi connectivity index (χ4v) is 2.79. The standard InChI is InChI=1S/C16H22N2OS/c1-18(2)11-16(17-10-13-8-9-20-12-13)14-4-6-15(19-3)7-5-14/h4-9,12,16-17H,10-11H2,1-3H3. The third kappa shape index (κ3) is 4.34. The van der Waals surface area contributed by atoms with Gasteiger partial charge in [0.05, 0.1) is 7.11 Å². The molecule has 108 valence electrons. The Morgan fingerprint density at radius 1 is 1.20 bits per heavy atom. The molecule has 0 saturated carbocycles. The molecule has 1 heterocycles. The van der Waals surface area contributed by atoms with Gasteiger partial charge >= 0.3 is 0 Å². The van der Waals surface area contributed by atoms with Crippen molar-refractivity contribution in [1.29, 1.82) is 0 Å². The quantitative estimate of drug-likeness (QED) is 0.848. The van der Waals surface area contributed by atoms with Gasteiger partial charge in [0.1, 0.15) is 5.75 Å². The highest BCUT2D eigenvalue weighted by atomic mass is 32.1. The molecule has 20 heavy (non-hydrogen) atoms. The zero-order valence-corrected chi connectivity index (χ0v) is 13.1. The SMILES string of the molecule is COc1ccc(C(CN(C)C)NCc2ccsc2)cc1. The summed E-state index contributed by atoms with van der Waals surface area (Å²) in [5, 5.41) is 7.94. The van der Waals surface area contributed by atoms with Gasteiger partial charge < -0.3 is 15.0 Å². The lowest BCUT2D eigenvalue weighted by molar-refractivity contribution is 0.340. The van der Waals surface area contributed by atoms with Crippen LogP contribution in [0, 0.1) is 0 Å². The van der Waals surface area contributed by atoms with E-state index in [2.05, 4.69) is 53.3 Å². The van der Waals surface area contributed by atoms with Gasteiger partial charge in [-0.15, -0.1) is 0 Å². The maximum Gasteiger partial charge on any atom is 0.118 e. The van der Waals surface area contributed by atoms with Crippen molar-refractivity contribution in [3.8, 4) is 5.75 Å². The summed E-state index contributed by atoms with van der Waals surface area (Å²) >= 11 is 1.74. The van der Waals surface area contributed by atoms with Crippen LogP contribution in [0.1, 0.15) is 17.2 Å². The fraction of sp³-hybridized carbons (Fsp3) is 0.375. The van der Waals surface area contributed by atoms with E-state index in [1.54, 1.807) is 18.4 Å². The lowest BCUT2D eigenvalue weighted by Crippen LogP contribution is -2.30. The number of ether oxygens (including phenoxy) is 1. The first-order chi connectivity index (χ1) is 9.69. The summed E-state index contributed by atoms with van der Waals surface area (Å²) in [6.07, 6.45) is 0. The topological polar surface area (TPSA) is 24.5 Å². The van der Waals surface area contributed by atoms with Gasteiger partial charge in [0, 0.05) is 19.1 Å². The number of methoxy groups -OCH3 is 1. The molecular formula is C16H22N2OS. The Hall–Kier alpha value is -1.36. The van der Waals surface area contributed by atoms with Crippen LogP contribution < -0.4 is 10.1 Å². The van der Waals surface area contributed by atoms with E-state index in [0.29, 0.717) is 6.04 Å². The van der Waals surface area contributed by atoms with E-state index in [1.807, 2.05) is 12.1 Å². The summed E-state index contributed by atoms with van der Waals surface area (Å²) in [6, 6.07) is 10.8. The molecule has 1 aromatic carbocycles. The molecular weight excluding hydrogens is 268 g/mol. The first kappa shape index (κ1) is 15.0. The van der Waals surface area contributed by atoms with Crippen molar-refractivity contribution in [2.75, 3.05) is 27.7 Å². The minimum absolute atomic E-state index is 0.316. The van der Waals surface area contributed by atoms with Crippen LogP contribution in [0.4, 0.5) is 0 Å². The van der Waals surface area contributed by atoms with Gasteiger partial charge in [0.25, 0.3) is 0 Å². The molecule has 1 atom stereocenters. The largest absolute Gasteiger partial charge is 0.497 e. The molecule has 0 aliphatic carbocycles. The smallest absolute Gasteiger partial charge is 0.118 e. The van der Waals surface area contributed by atoms with Crippen molar-refractivity contribution in [3.63, 3.8) is 0 Å². The minimum atomic E-state index is 0.316. The van der Waals surface area contributed by atoms with Crippen LogP contribution in [0.15, 0.2) is 41.1 Å². The van der Waals surface area contributed by atoms with Crippen LogP contribution in [0.3, 0.4) is 0 Å². The second kappa shape index (κ2) is 7.43. The zero-order chi connectivity index (χ0) is 14.4. The number of hydrogen-bond acceptors (Lipinski definition) is 4. The molecule has 3 nitrogen and oxygen atoms in total. The molecule has 1 N–H and O–H groups in total. The predicted molar refractivity (Wildman–Crippen MR) is 85.4 cm³/mol. The summed E-state index contributed by atoms with van der Waals surface area (Å²) in [5.41, 5.74) is 2.63. The van der Waals surface area contributed by atoms with Crippen LogP contribution in [0.25, 0.3) is 0 Å². The van der Waals surface area contributed by atoms with Crippen molar-refractivity contribution in [1.82, 2.24) is 10.2 Å². The van der Waals surface area contributed by atoms with Crippen molar-refractivity contribution < 1.29 is 4.74 Å².